The van der Waals surface area contributed by atoms with Gasteiger partial charge in [-0.2, -0.15) is 0 Å². The van der Waals surface area contributed by atoms with Crippen LogP contribution in [0.3, 0.4) is 0 Å². The van der Waals surface area contributed by atoms with Crippen molar-refractivity contribution in [2.75, 3.05) is 51.7 Å². The first-order valence-corrected chi connectivity index (χ1v) is 10.00. The van der Waals surface area contributed by atoms with Gasteiger partial charge in [0.05, 0.1) is 5.52 Å². The number of anilines is 1. The highest BCUT2D eigenvalue weighted by Gasteiger charge is 2.23. The smallest absolute Gasteiger partial charge is 0.0737 e. The zero-order chi connectivity index (χ0) is 18.7. The number of rotatable bonds is 6. The maximum atomic E-state index is 6.16. The van der Waals surface area contributed by atoms with Crippen LogP contribution in [0.4, 0.5) is 5.69 Å². The van der Waals surface area contributed by atoms with E-state index in [1.807, 2.05) is 18.3 Å². The summed E-state index contributed by atoms with van der Waals surface area (Å²) in [6.45, 7) is 10.4. The number of likely N-dealkylation sites (N-methyl/N-ethyl adjacent to an activating group) is 2. The number of pyridine rings is 1. The lowest BCUT2D eigenvalue weighted by Gasteiger charge is -2.39. The molecule has 2 heterocycles. The van der Waals surface area contributed by atoms with E-state index in [2.05, 4.69) is 59.8 Å². The molecule has 1 aromatic carbocycles. The number of aromatic nitrogens is 1. The SMILES string of the molecule is CC(C)CC(CN1CCN(C)CC1)N(C)c1ccnc2cc(Cl)ccc12. The molecule has 0 bridgehead atoms. The van der Waals surface area contributed by atoms with Crippen molar-refractivity contribution in [3.05, 3.63) is 35.5 Å². The highest BCUT2D eigenvalue weighted by molar-refractivity contribution is 6.31. The van der Waals surface area contributed by atoms with Crippen molar-refractivity contribution in [1.82, 2.24) is 14.8 Å². The van der Waals surface area contributed by atoms with Crippen molar-refractivity contribution in [3.63, 3.8) is 0 Å². The fraction of sp³-hybridized carbons (Fsp3) is 0.571. The quantitative estimate of drug-likeness (QED) is 0.762. The molecule has 4 nitrogen and oxygen atoms in total. The lowest BCUT2D eigenvalue weighted by Crippen LogP contribution is -2.50. The van der Waals surface area contributed by atoms with Gasteiger partial charge in [-0.05, 0) is 43.7 Å². The molecule has 3 rings (SSSR count). The zero-order valence-electron chi connectivity index (χ0n) is 16.5. The summed E-state index contributed by atoms with van der Waals surface area (Å²) in [5, 5.41) is 1.91. The fourth-order valence-electron chi connectivity index (χ4n) is 3.84. The third-order valence-electron chi connectivity index (χ3n) is 5.42. The largest absolute Gasteiger partial charge is 0.370 e. The Kier molecular flexibility index (Phi) is 6.38. The van der Waals surface area contributed by atoms with E-state index in [0.29, 0.717) is 12.0 Å². The predicted molar refractivity (Wildman–Crippen MR) is 112 cm³/mol. The minimum Gasteiger partial charge on any atom is -0.370 e. The summed E-state index contributed by atoms with van der Waals surface area (Å²) in [5.41, 5.74) is 2.20. The highest BCUT2D eigenvalue weighted by atomic mass is 35.5. The Morgan fingerprint density at radius 3 is 2.58 bits per heavy atom. The summed E-state index contributed by atoms with van der Waals surface area (Å²) >= 11 is 6.16. The summed E-state index contributed by atoms with van der Waals surface area (Å²) in [7, 11) is 4.44. The number of halogens is 1. The Hall–Kier alpha value is -1.36. The Balaban J connectivity index is 1.84. The number of hydrogen-bond acceptors (Lipinski definition) is 4. The van der Waals surface area contributed by atoms with Gasteiger partial charge >= 0.3 is 0 Å². The maximum Gasteiger partial charge on any atom is 0.0737 e. The average Bonchev–Trinajstić information content (AvgIpc) is 2.61. The van der Waals surface area contributed by atoms with Crippen molar-refractivity contribution in [2.45, 2.75) is 26.3 Å². The molecule has 0 saturated carbocycles. The number of nitrogens with zero attached hydrogens (tertiary/aromatic N) is 4. The monoisotopic (exact) mass is 374 g/mol. The lowest BCUT2D eigenvalue weighted by atomic mass is 10.0. The first-order valence-electron chi connectivity index (χ1n) is 9.62. The van der Waals surface area contributed by atoms with Gasteiger partial charge in [-0.25, -0.2) is 0 Å². The lowest BCUT2D eigenvalue weighted by molar-refractivity contribution is 0.143. The molecule has 26 heavy (non-hydrogen) atoms. The van der Waals surface area contributed by atoms with Crippen molar-refractivity contribution in [2.24, 2.45) is 5.92 Å². The highest BCUT2D eigenvalue weighted by Crippen LogP contribution is 2.29. The molecule has 0 aliphatic carbocycles. The molecular weight excluding hydrogens is 344 g/mol. The zero-order valence-corrected chi connectivity index (χ0v) is 17.2. The number of fused-ring (bicyclic) bond motifs is 1. The summed E-state index contributed by atoms with van der Waals surface area (Å²) in [6.07, 6.45) is 3.08. The van der Waals surface area contributed by atoms with Crippen LogP contribution in [-0.2, 0) is 0 Å². The van der Waals surface area contributed by atoms with Crippen LogP contribution >= 0.6 is 11.6 Å². The van der Waals surface area contributed by atoms with E-state index < -0.39 is 0 Å². The third kappa shape index (κ3) is 4.67. The summed E-state index contributed by atoms with van der Waals surface area (Å²) in [4.78, 5) is 12.0. The van der Waals surface area contributed by atoms with Gasteiger partial charge in [0.2, 0.25) is 0 Å². The van der Waals surface area contributed by atoms with Crippen LogP contribution in [0.1, 0.15) is 20.3 Å². The van der Waals surface area contributed by atoms with E-state index >= 15 is 0 Å². The van der Waals surface area contributed by atoms with Crippen LogP contribution in [0.2, 0.25) is 5.02 Å². The normalized spacial score (nSPS) is 17.8. The number of hydrogen-bond donors (Lipinski definition) is 0. The van der Waals surface area contributed by atoms with Crippen LogP contribution in [0.25, 0.3) is 10.9 Å². The van der Waals surface area contributed by atoms with E-state index in [4.69, 9.17) is 11.6 Å². The Labute approximate surface area is 162 Å². The van der Waals surface area contributed by atoms with Crippen LogP contribution < -0.4 is 4.90 Å². The van der Waals surface area contributed by atoms with Gasteiger partial charge in [-0.1, -0.05) is 25.4 Å². The first kappa shape index (κ1) is 19.4. The topological polar surface area (TPSA) is 22.6 Å². The summed E-state index contributed by atoms with van der Waals surface area (Å²) < 4.78 is 0. The van der Waals surface area contributed by atoms with E-state index in [0.717, 1.165) is 43.3 Å². The maximum absolute atomic E-state index is 6.16. The van der Waals surface area contributed by atoms with Crippen LogP contribution in [-0.4, -0.2) is 67.6 Å². The minimum atomic E-state index is 0.486. The average molecular weight is 375 g/mol. The van der Waals surface area contributed by atoms with E-state index in [1.165, 1.54) is 17.5 Å². The van der Waals surface area contributed by atoms with Gasteiger partial charge < -0.3 is 9.80 Å². The molecule has 1 fully saturated rings. The number of piperazine rings is 1. The molecule has 2 aromatic rings. The van der Waals surface area contributed by atoms with Crippen molar-refractivity contribution >= 4 is 28.2 Å². The van der Waals surface area contributed by atoms with Gasteiger partial charge in [-0.15, -0.1) is 0 Å². The standard InChI is InChI=1S/C21H31ClN4/c1-16(2)13-18(15-26-11-9-24(3)10-12-26)25(4)21-7-8-23-20-14-17(22)5-6-19(20)21/h5-8,14,16,18H,9-13,15H2,1-4H3. The van der Waals surface area contributed by atoms with Crippen molar-refractivity contribution in [1.29, 1.82) is 0 Å². The molecule has 1 unspecified atom stereocenters. The van der Waals surface area contributed by atoms with Gasteiger partial charge in [-0.3, -0.25) is 9.88 Å². The van der Waals surface area contributed by atoms with Crippen LogP contribution in [0.5, 0.6) is 0 Å². The summed E-state index contributed by atoms with van der Waals surface area (Å²) in [5.74, 6) is 0.664. The molecule has 0 spiro atoms. The molecule has 1 aromatic heterocycles. The van der Waals surface area contributed by atoms with Gasteiger partial charge in [0.25, 0.3) is 0 Å². The van der Waals surface area contributed by atoms with E-state index in [9.17, 15) is 0 Å². The Morgan fingerprint density at radius 2 is 1.88 bits per heavy atom. The molecule has 1 aliphatic heterocycles. The van der Waals surface area contributed by atoms with Crippen LogP contribution in [0, 0.1) is 5.92 Å². The molecule has 5 heteroatoms. The fourth-order valence-corrected chi connectivity index (χ4v) is 4.00. The Morgan fingerprint density at radius 1 is 1.15 bits per heavy atom. The molecule has 0 N–H and O–H groups in total. The summed E-state index contributed by atoms with van der Waals surface area (Å²) in [6, 6.07) is 8.62. The molecule has 0 radical (unpaired) electrons. The second-order valence-electron chi connectivity index (χ2n) is 7.99. The third-order valence-corrected chi connectivity index (χ3v) is 5.65. The second kappa shape index (κ2) is 8.55. The molecule has 1 atom stereocenters. The molecule has 1 saturated heterocycles. The first-order chi connectivity index (χ1) is 12.4. The Bertz CT molecular complexity index is 725. The molecular formula is C21H31ClN4. The van der Waals surface area contributed by atoms with Crippen molar-refractivity contribution in [3.8, 4) is 0 Å². The number of benzene rings is 1. The minimum absolute atomic E-state index is 0.486. The second-order valence-corrected chi connectivity index (χ2v) is 8.43. The molecule has 0 amide bonds. The van der Waals surface area contributed by atoms with E-state index in [-0.39, 0.29) is 0 Å². The van der Waals surface area contributed by atoms with Gasteiger partial charge in [0.1, 0.15) is 0 Å². The van der Waals surface area contributed by atoms with Gasteiger partial charge in [0.15, 0.2) is 0 Å². The predicted octanol–water partition coefficient (Wildman–Crippen LogP) is 3.99. The van der Waals surface area contributed by atoms with Crippen LogP contribution in [0.15, 0.2) is 30.5 Å². The van der Waals surface area contributed by atoms with Gasteiger partial charge in [0, 0.05) is 68.1 Å². The van der Waals surface area contributed by atoms with E-state index in [1.54, 1.807) is 0 Å². The molecule has 1 aliphatic rings. The van der Waals surface area contributed by atoms with Crippen molar-refractivity contribution < 1.29 is 0 Å². The molecule has 142 valence electrons.